The highest BCUT2D eigenvalue weighted by atomic mass is 32.2. The molecule has 3 aromatic carbocycles. The molecule has 0 aliphatic rings. The molecule has 0 aromatic heterocycles. The largest absolute Gasteiger partial charge is 0.332 e. The minimum atomic E-state index is -3.94. The number of carbonyl (C=O) groups excluding carboxylic acids is 1. The van der Waals surface area contributed by atoms with Gasteiger partial charge < -0.3 is 5.32 Å². The number of rotatable bonds is 5. The van der Waals surface area contributed by atoms with Crippen molar-refractivity contribution < 1.29 is 13.2 Å². The summed E-state index contributed by atoms with van der Waals surface area (Å²) >= 11 is 0. The van der Waals surface area contributed by atoms with E-state index in [9.17, 15) is 13.2 Å². The average Bonchev–Trinajstić information content (AvgIpc) is 2.70. The number of nitrogens with one attached hydrogen (secondary N) is 2. The van der Waals surface area contributed by atoms with Crippen LogP contribution < -0.4 is 10.0 Å². The molecule has 5 nitrogen and oxygen atoms in total. The Morgan fingerprint density at radius 2 is 1.29 bits per heavy atom. The molecular formula is C22H20N2O3S. The Morgan fingerprint density at radius 1 is 0.786 bits per heavy atom. The van der Waals surface area contributed by atoms with Crippen molar-refractivity contribution in [2.24, 2.45) is 0 Å². The summed E-state index contributed by atoms with van der Waals surface area (Å²) in [6.45, 7) is 1.86. The summed E-state index contributed by atoms with van der Waals surface area (Å²) in [6.07, 6.45) is 1.50. The molecule has 2 N–H and O–H groups in total. The Bertz CT molecular complexity index is 1030. The normalized spacial score (nSPS) is 10.8. The average molecular weight is 392 g/mol. The zero-order valence-electron chi connectivity index (χ0n) is 15.3. The van der Waals surface area contributed by atoms with E-state index in [1.807, 2.05) is 72.3 Å². The first-order valence-corrected chi connectivity index (χ1v) is 10.1. The molecule has 3 rings (SSSR count). The van der Waals surface area contributed by atoms with E-state index in [0.717, 1.165) is 22.3 Å². The number of amides is 2. The Morgan fingerprint density at radius 3 is 1.79 bits per heavy atom. The number of hydrogen-bond acceptors (Lipinski definition) is 3. The Labute approximate surface area is 164 Å². The van der Waals surface area contributed by atoms with E-state index in [4.69, 9.17) is 0 Å². The van der Waals surface area contributed by atoms with Crippen molar-refractivity contribution in [2.75, 3.05) is 0 Å². The van der Waals surface area contributed by atoms with Crippen LogP contribution >= 0.6 is 0 Å². The van der Waals surface area contributed by atoms with E-state index >= 15 is 0 Å². The third kappa shape index (κ3) is 4.86. The fourth-order valence-electron chi connectivity index (χ4n) is 2.63. The summed E-state index contributed by atoms with van der Waals surface area (Å²) in [5, 5.41) is 2.53. The molecule has 0 aliphatic heterocycles. The van der Waals surface area contributed by atoms with E-state index in [1.165, 1.54) is 18.3 Å². The molecule has 0 saturated carbocycles. The van der Waals surface area contributed by atoms with Gasteiger partial charge in [-0.25, -0.2) is 17.9 Å². The van der Waals surface area contributed by atoms with Crippen LogP contribution in [-0.2, 0) is 10.0 Å². The van der Waals surface area contributed by atoms with E-state index in [1.54, 1.807) is 12.1 Å². The highest BCUT2D eigenvalue weighted by Crippen LogP contribution is 2.22. The lowest BCUT2D eigenvalue weighted by molar-refractivity contribution is 0.249. The van der Waals surface area contributed by atoms with Crippen LogP contribution in [-0.4, -0.2) is 14.4 Å². The summed E-state index contributed by atoms with van der Waals surface area (Å²) < 4.78 is 26.7. The van der Waals surface area contributed by atoms with Crippen LogP contribution in [0.4, 0.5) is 4.79 Å². The maximum Gasteiger partial charge on any atom is 0.332 e. The number of urea groups is 1. The topological polar surface area (TPSA) is 75.3 Å². The molecule has 0 unspecified atom stereocenters. The molecule has 3 aromatic rings. The van der Waals surface area contributed by atoms with Crippen LogP contribution in [0, 0.1) is 6.92 Å². The predicted molar refractivity (Wildman–Crippen MR) is 110 cm³/mol. The van der Waals surface area contributed by atoms with Gasteiger partial charge in [0.2, 0.25) is 0 Å². The first kappa shape index (κ1) is 19.4. The van der Waals surface area contributed by atoms with Crippen molar-refractivity contribution in [1.29, 1.82) is 0 Å². The van der Waals surface area contributed by atoms with Crippen molar-refractivity contribution in [2.45, 2.75) is 11.8 Å². The van der Waals surface area contributed by atoms with Gasteiger partial charge in [0.1, 0.15) is 0 Å². The van der Waals surface area contributed by atoms with Gasteiger partial charge in [0.25, 0.3) is 10.0 Å². The molecule has 2 amide bonds. The summed E-state index contributed by atoms with van der Waals surface area (Å²) in [7, 11) is -3.94. The molecule has 0 atom stereocenters. The summed E-state index contributed by atoms with van der Waals surface area (Å²) in [4.78, 5) is 12.3. The minimum absolute atomic E-state index is 0.0311. The fraction of sp³-hybridized carbons (Fsp3) is 0.0455. The smallest absolute Gasteiger partial charge is 0.313 e. The number of carbonyl (C=O) groups is 1. The Kier molecular flexibility index (Phi) is 5.91. The van der Waals surface area contributed by atoms with Crippen LogP contribution in [0.2, 0.25) is 0 Å². The molecule has 0 aliphatic carbocycles. The molecule has 0 bridgehead atoms. The van der Waals surface area contributed by atoms with Crippen LogP contribution in [0.1, 0.15) is 16.7 Å². The maximum absolute atomic E-state index is 12.3. The highest BCUT2D eigenvalue weighted by molar-refractivity contribution is 7.90. The predicted octanol–water partition coefficient (Wildman–Crippen LogP) is 4.07. The fourth-order valence-corrected chi connectivity index (χ4v) is 3.55. The zero-order valence-corrected chi connectivity index (χ0v) is 16.1. The molecule has 28 heavy (non-hydrogen) atoms. The molecule has 0 radical (unpaired) electrons. The number of hydrogen-bond donors (Lipinski definition) is 2. The monoisotopic (exact) mass is 392 g/mol. The lowest BCUT2D eigenvalue weighted by Crippen LogP contribution is -2.37. The van der Waals surface area contributed by atoms with Gasteiger partial charge in [0.05, 0.1) is 4.90 Å². The quantitative estimate of drug-likeness (QED) is 0.687. The molecule has 6 heteroatoms. The first-order valence-electron chi connectivity index (χ1n) is 8.67. The van der Waals surface area contributed by atoms with Crippen LogP contribution in [0.25, 0.3) is 5.57 Å². The van der Waals surface area contributed by atoms with Gasteiger partial charge in [-0.15, -0.1) is 0 Å². The minimum Gasteiger partial charge on any atom is -0.313 e. The van der Waals surface area contributed by atoms with Gasteiger partial charge >= 0.3 is 6.03 Å². The van der Waals surface area contributed by atoms with E-state index in [0.29, 0.717) is 0 Å². The van der Waals surface area contributed by atoms with E-state index in [-0.39, 0.29) is 4.90 Å². The number of aryl methyl sites for hydroxylation is 1. The third-order valence-electron chi connectivity index (χ3n) is 4.08. The Hall–Kier alpha value is -3.38. The van der Waals surface area contributed by atoms with E-state index < -0.39 is 16.1 Å². The van der Waals surface area contributed by atoms with Gasteiger partial charge in [-0.05, 0) is 30.2 Å². The molecule has 0 heterocycles. The van der Waals surface area contributed by atoms with Gasteiger partial charge in [-0.1, -0.05) is 78.4 Å². The number of sulfonamides is 1. The van der Waals surface area contributed by atoms with Crippen molar-refractivity contribution in [3.05, 3.63) is 108 Å². The Balaban J connectivity index is 1.81. The van der Waals surface area contributed by atoms with E-state index in [2.05, 4.69) is 5.32 Å². The second-order valence-electron chi connectivity index (χ2n) is 6.18. The summed E-state index contributed by atoms with van der Waals surface area (Å²) in [5.41, 5.74) is 3.50. The van der Waals surface area contributed by atoms with Crippen LogP contribution in [0.3, 0.4) is 0 Å². The summed E-state index contributed by atoms with van der Waals surface area (Å²) in [5.74, 6) is 0. The highest BCUT2D eigenvalue weighted by Gasteiger charge is 2.17. The molecular weight excluding hydrogens is 372 g/mol. The maximum atomic E-state index is 12.3. The number of benzene rings is 3. The molecule has 0 spiro atoms. The van der Waals surface area contributed by atoms with Gasteiger partial charge in [-0.3, -0.25) is 0 Å². The van der Waals surface area contributed by atoms with Crippen molar-refractivity contribution in [1.82, 2.24) is 10.0 Å². The van der Waals surface area contributed by atoms with Gasteiger partial charge in [0, 0.05) is 11.8 Å². The summed E-state index contributed by atoms with van der Waals surface area (Å²) in [6, 6.07) is 24.5. The standard InChI is InChI=1S/C22H20N2O3S/c1-17-12-14-20(15-13-17)28(26,27)24-22(25)23-16-21(18-8-4-2-5-9-18)19-10-6-3-7-11-19/h2-16H,1H3,(H2,23,24,25). The van der Waals surface area contributed by atoms with Crippen LogP contribution in [0.15, 0.2) is 96.0 Å². The molecule has 0 saturated heterocycles. The first-order chi connectivity index (χ1) is 13.5. The molecule has 142 valence electrons. The SMILES string of the molecule is Cc1ccc(S(=O)(=O)NC(=O)NC=C(c2ccccc2)c2ccccc2)cc1. The lowest BCUT2D eigenvalue weighted by atomic mass is 9.99. The third-order valence-corrected chi connectivity index (χ3v) is 5.42. The van der Waals surface area contributed by atoms with Gasteiger partial charge in [-0.2, -0.15) is 0 Å². The van der Waals surface area contributed by atoms with Crippen LogP contribution in [0.5, 0.6) is 0 Å². The lowest BCUT2D eigenvalue weighted by Gasteiger charge is -2.10. The second-order valence-corrected chi connectivity index (χ2v) is 7.86. The van der Waals surface area contributed by atoms with Crippen molar-refractivity contribution in [3.8, 4) is 0 Å². The zero-order chi connectivity index (χ0) is 20.0. The van der Waals surface area contributed by atoms with Crippen molar-refractivity contribution in [3.63, 3.8) is 0 Å². The van der Waals surface area contributed by atoms with Crippen molar-refractivity contribution >= 4 is 21.6 Å². The second kappa shape index (κ2) is 8.54. The van der Waals surface area contributed by atoms with Gasteiger partial charge in [0.15, 0.2) is 0 Å². The molecule has 0 fully saturated rings.